The third-order valence-electron chi connectivity index (χ3n) is 4.27. The first-order chi connectivity index (χ1) is 11.8. The molecule has 2 N–H and O–H groups in total. The van der Waals surface area contributed by atoms with E-state index in [9.17, 15) is 8.42 Å². The molecule has 3 rings (SSSR count). The lowest BCUT2D eigenvalue weighted by atomic mass is 10.0. The second-order valence-corrected chi connectivity index (χ2v) is 9.06. The van der Waals surface area contributed by atoms with Crippen LogP contribution in [0.4, 0.5) is 17.5 Å². The van der Waals surface area contributed by atoms with Crippen LogP contribution in [-0.4, -0.2) is 35.9 Å². The average Bonchev–Trinajstić information content (AvgIpc) is 2.85. The number of hydrogen-bond donors (Lipinski definition) is 2. The Morgan fingerprint density at radius 3 is 2.64 bits per heavy atom. The van der Waals surface area contributed by atoms with Crippen LogP contribution in [0, 0.1) is 6.92 Å². The second-order valence-electron chi connectivity index (χ2n) is 6.83. The summed E-state index contributed by atoms with van der Waals surface area (Å²) in [6, 6.07) is 9.91. The van der Waals surface area contributed by atoms with Gasteiger partial charge in [-0.05, 0) is 30.9 Å². The summed E-state index contributed by atoms with van der Waals surface area (Å²) >= 11 is 0. The summed E-state index contributed by atoms with van der Waals surface area (Å²) in [5.74, 6) is 1.93. The molecule has 0 saturated carbocycles. The number of para-hydroxylation sites is 1. The van der Waals surface area contributed by atoms with Crippen LogP contribution in [-0.2, 0) is 9.84 Å². The Morgan fingerprint density at radius 2 is 1.96 bits per heavy atom. The van der Waals surface area contributed by atoms with Crippen molar-refractivity contribution < 1.29 is 8.42 Å². The molecule has 134 valence electrons. The van der Waals surface area contributed by atoms with Crippen LogP contribution in [0.5, 0.6) is 0 Å². The molecule has 0 aliphatic carbocycles. The summed E-state index contributed by atoms with van der Waals surface area (Å²) in [5.41, 5.74) is 3.06. The summed E-state index contributed by atoms with van der Waals surface area (Å²) in [5, 5.41) is 6.53. The number of rotatable bonds is 5. The Labute approximate surface area is 149 Å². The van der Waals surface area contributed by atoms with Gasteiger partial charge in [0.25, 0.3) is 0 Å². The van der Waals surface area contributed by atoms with Crippen molar-refractivity contribution in [3.8, 4) is 0 Å². The number of aromatic nitrogens is 2. The Balaban J connectivity index is 1.81. The molecule has 0 radical (unpaired) electrons. The van der Waals surface area contributed by atoms with Crippen LogP contribution >= 0.6 is 0 Å². The van der Waals surface area contributed by atoms with Gasteiger partial charge in [-0.15, -0.1) is 0 Å². The maximum atomic E-state index is 11.6. The maximum absolute atomic E-state index is 11.6. The van der Waals surface area contributed by atoms with Crippen LogP contribution in [0.3, 0.4) is 0 Å². The molecular formula is C18H24N4O2S. The molecule has 0 bridgehead atoms. The van der Waals surface area contributed by atoms with Gasteiger partial charge in [-0.25, -0.2) is 13.4 Å². The smallest absolute Gasteiger partial charge is 0.225 e. The van der Waals surface area contributed by atoms with Gasteiger partial charge in [-0.2, -0.15) is 4.98 Å². The van der Waals surface area contributed by atoms with E-state index in [1.54, 1.807) is 0 Å². The summed E-state index contributed by atoms with van der Waals surface area (Å²) < 4.78 is 23.2. The van der Waals surface area contributed by atoms with Gasteiger partial charge in [0.1, 0.15) is 5.82 Å². The van der Waals surface area contributed by atoms with Crippen molar-refractivity contribution in [3.05, 3.63) is 41.6 Å². The topological polar surface area (TPSA) is 84.0 Å². The number of hydrogen-bond acceptors (Lipinski definition) is 6. The standard InChI is InChI=1S/C18H24N4O2S/c1-12(2)15-6-4-5-7-16(15)21-17-10-13(3)19-18(22-17)20-14-8-9-25(23,24)11-14/h4-7,10,12,14H,8-9,11H2,1-3H3,(H2,19,20,21,22). The first-order valence-electron chi connectivity index (χ1n) is 8.51. The lowest BCUT2D eigenvalue weighted by Crippen LogP contribution is -2.22. The molecule has 0 spiro atoms. The highest BCUT2D eigenvalue weighted by Gasteiger charge is 2.28. The van der Waals surface area contributed by atoms with E-state index < -0.39 is 9.84 Å². The molecule has 1 unspecified atom stereocenters. The predicted octanol–water partition coefficient (Wildman–Crippen LogP) is 3.25. The monoisotopic (exact) mass is 360 g/mol. The van der Waals surface area contributed by atoms with Crippen LogP contribution in [0.15, 0.2) is 30.3 Å². The zero-order valence-corrected chi connectivity index (χ0v) is 15.6. The molecule has 6 nitrogen and oxygen atoms in total. The van der Waals surface area contributed by atoms with Crippen molar-refractivity contribution in [1.82, 2.24) is 9.97 Å². The van der Waals surface area contributed by atoms with E-state index in [1.807, 2.05) is 31.2 Å². The number of sulfone groups is 1. The number of nitrogens with zero attached hydrogens (tertiary/aromatic N) is 2. The number of aryl methyl sites for hydroxylation is 1. The molecule has 1 saturated heterocycles. The number of benzene rings is 1. The predicted molar refractivity (Wildman–Crippen MR) is 101 cm³/mol. The van der Waals surface area contributed by atoms with Crippen molar-refractivity contribution in [2.24, 2.45) is 0 Å². The van der Waals surface area contributed by atoms with Crippen LogP contribution in [0.1, 0.15) is 37.4 Å². The largest absolute Gasteiger partial charge is 0.350 e. The molecule has 7 heteroatoms. The van der Waals surface area contributed by atoms with E-state index in [-0.39, 0.29) is 17.5 Å². The third kappa shape index (κ3) is 4.48. The van der Waals surface area contributed by atoms with Crippen molar-refractivity contribution in [3.63, 3.8) is 0 Å². The molecular weight excluding hydrogens is 336 g/mol. The molecule has 1 aromatic carbocycles. The molecule has 1 atom stereocenters. The Hall–Kier alpha value is -2.15. The van der Waals surface area contributed by atoms with Gasteiger partial charge in [0.05, 0.1) is 11.5 Å². The minimum atomic E-state index is -2.93. The molecule has 1 aliphatic rings. The molecule has 1 aromatic heterocycles. The normalized spacial score (nSPS) is 19.1. The molecule has 2 aromatic rings. The molecule has 25 heavy (non-hydrogen) atoms. The zero-order chi connectivity index (χ0) is 18.0. The van der Waals surface area contributed by atoms with E-state index in [0.717, 1.165) is 11.4 Å². The molecule has 1 fully saturated rings. The van der Waals surface area contributed by atoms with Gasteiger partial charge < -0.3 is 10.6 Å². The Bertz CT molecular complexity index is 865. The second kappa shape index (κ2) is 7.00. The Kier molecular flexibility index (Phi) is 4.94. The SMILES string of the molecule is Cc1cc(Nc2ccccc2C(C)C)nc(NC2CCS(=O)(=O)C2)n1. The van der Waals surface area contributed by atoms with Gasteiger partial charge in [0.2, 0.25) is 5.95 Å². The summed E-state index contributed by atoms with van der Waals surface area (Å²) in [6.07, 6.45) is 0.596. The van der Waals surface area contributed by atoms with E-state index in [0.29, 0.717) is 24.1 Å². The number of nitrogens with one attached hydrogen (secondary N) is 2. The minimum Gasteiger partial charge on any atom is -0.350 e. The van der Waals surface area contributed by atoms with Crippen molar-refractivity contribution in [2.75, 3.05) is 22.1 Å². The maximum Gasteiger partial charge on any atom is 0.225 e. The first kappa shape index (κ1) is 17.7. The lowest BCUT2D eigenvalue weighted by Gasteiger charge is -2.16. The highest BCUT2D eigenvalue weighted by molar-refractivity contribution is 7.91. The molecule has 0 amide bonds. The fourth-order valence-corrected chi connectivity index (χ4v) is 4.71. The van der Waals surface area contributed by atoms with Gasteiger partial charge >= 0.3 is 0 Å². The fourth-order valence-electron chi connectivity index (χ4n) is 3.04. The van der Waals surface area contributed by atoms with Gasteiger partial charge in [-0.3, -0.25) is 0 Å². The first-order valence-corrected chi connectivity index (χ1v) is 10.3. The quantitative estimate of drug-likeness (QED) is 0.851. The van der Waals surface area contributed by atoms with Gasteiger partial charge in [0.15, 0.2) is 9.84 Å². The number of anilines is 3. The highest BCUT2D eigenvalue weighted by Crippen LogP contribution is 2.27. The summed E-state index contributed by atoms with van der Waals surface area (Å²) in [6.45, 7) is 6.20. The van der Waals surface area contributed by atoms with Gasteiger partial charge in [0, 0.05) is 23.5 Å². The van der Waals surface area contributed by atoms with Crippen LogP contribution in [0.2, 0.25) is 0 Å². The Morgan fingerprint density at radius 1 is 1.20 bits per heavy atom. The minimum absolute atomic E-state index is 0.123. The zero-order valence-electron chi connectivity index (χ0n) is 14.8. The summed E-state index contributed by atoms with van der Waals surface area (Å²) in [7, 11) is -2.93. The fraction of sp³-hybridized carbons (Fsp3) is 0.444. The van der Waals surface area contributed by atoms with Crippen LogP contribution < -0.4 is 10.6 Å². The van der Waals surface area contributed by atoms with Crippen molar-refractivity contribution in [1.29, 1.82) is 0 Å². The van der Waals surface area contributed by atoms with E-state index >= 15 is 0 Å². The average molecular weight is 360 g/mol. The van der Waals surface area contributed by atoms with E-state index in [1.165, 1.54) is 5.56 Å². The van der Waals surface area contributed by atoms with E-state index in [4.69, 9.17) is 0 Å². The van der Waals surface area contributed by atoms with E-state index in [2.05, 4.69) is 40.5 Å². The van der Waals surface area contributed by atoms with Crippen molar-refractivity contribution in [2.45, 2.75) is 39.2 Å². The van der Waals surface area contributed by atoms with Crippen LogP contribution in [0.25, 0.3) is 0 Å². The van der Waals surface area contributed by atoms with Crippen molar-refractivity contribution >= 4 is 27.3 Å². The highest BCUT2D eigenvalue weighted by atomic mass is 32.2. The summed E-state index contributed by atoms with van der Waals surface area (Å²) in [4.78, 5) is 8.90. The molecule has 2 heterocycles. The van der Waals surface area contributed by atoms with Gasteiger partial charge in [-0.1, -0.05) is 32.0 Å². The molecule has 1 aliphatic heterocycles. The third-order valence-corrected chi connectivity index (χ3v) is 6.03. The lowest BCUT2D eigenvalue weighted by molar-refractivity contribution is 0.602.